The van der Waals surface area contributed by atoms with Crippen LogP contribution in [-0.2, 0) is 14.0 Å². The second-order valence-electron chi connectivity index (χ2n) is 7.69. The molecule has 3 nitrogen and oxygen atoms in total. The molecule has 4 heteroatoms. The van der Waals surface area contributed by atoms with Crippen molar-refractivity contribution >= 4 is 14.3 Å². The Hall–Kier alpha value is -1.39. The molecular weight excluding hydrogens is 316 g/mol. The number of allylic oxidation sites excluding steroid dienone is 3. The fourth-order valence-electron chi connectivity index (χ4n) is 2.05. The molecule has 0 N–H and O–H groups in total. The lowest BCUT2D eigenvalue weighted by molar-refractivity contribution is -0.141. The van der Waals surface area contributed by atoms with Gasteiger partial charge in [0.15, 0.2) is 8.32 Å². The van der Waals surface area contributed by atoms with Gasteiger partial charge in [-0.3, -0.25) is 0 Å². The van der Waals surface area contributed by atoms with Gasteiger partial charge in [0.25, 0.3) is 0 Å². The van der Waals surface area contributed by atoms with Gasteiger partial charge in [-0.25, -0.2) is 4.79 Å². The van der Waals surface area contributed by atoms with Crippen molar-refractivity contribution in [3.63, 3.8) is 0 Å². The van der Waals surface area contributed by atoms with Crippen molar-refractivity contribution in [1.82, 2.24) is 0 Å². The van der Waals surface area contributed by atoms with Crippen molar-refractivity contribution < 1.29 is 14.0 Å². The highest BCUT2D eigenvalue weighted by atomic mass is 28.4. The van der Waals surface area contributed by atoms with Gasteiger partial charge in [-0.15, -0.1) is 0 Å². The van der Waals surface area contributed by atoms with Gasteiger partial charge in [0, 0.05) is 12.2 Å². The molecule has 1 aliphatic heterocycles. The molecule has 0 saturated heterocycles. The van der Waals surface area contributed by atoms with Gasteiger partial charge in [-0.05, 0) is 55.6 Å². The van der Waals surface area contributed by atoms with Crippen LogP contribution in [0.25, 0.3) is 0 Å². The minimum atomic E-state index is -1.72. The van der Waals surface area contributed by atoms with E-state index in [4.69, 9.17) is 9.16 Å². The van der Waals surface area contributed by atoms with E-state index in [9.17, 15) is 4.79 Å². The van der Waals surface area contributed by atoms with E-state index >= 15 is 0 Å². The van der Waals surface area contributed by atoms with Crippen LogP contribution in [0.4, 0.5) is 0 Å². The maximum Gasteiger partial charge on any atom is 0.334 e. The smallest absolute Gasteiger partial charge is 0.334 e. The molecule has 0 spiro atoms. The normalized spacial score (nSPS) is 19.9. The predicted molar refractivity (Wildman–Crippen MR) is 103 cm³/mol. The van der Waals surface area contributed by atoms with Crippen molar-refractivity contribution in [3.8, 4) is 0 Å². The maximum absolute atomic E-state index is 12.1. The first-order valence-corrected chi connectivity index (χ1v) is 11.5. The summed E-state index contributed by atoms with van der Waals surface area (Å²) in [6, 6.07) is 0. The van der Waals surface area contributed by atoms with Crippen LogP contribution in [0.1, 0.15) is 40.5 Å². The summed E-state index contributed by atoms with van der Waals surface area (Å²) >= 11 is 0. The van der Waals surface area contributed by atoms with Crippen LogP contribution in [0, 0.1) is 0 Å². The SMILES string of the molecule is C=C1C=C(CCCO[Si](C)(C)C(C)(C)C)C(=O)OC1/C=C/C=C/C. The largest absolute Gasteiger partial charge is 0.450 e. The Morgan fingerprint density at radius 1 is 1.33 bits per heavy atom. The Kier molecular flexibility index (Phi) is 7.43. The second-order valence-corrected chi connectivity index (χ2v) is 12.5. The van der Waals surface area contributed by atoms with Crippen molar-refractivity contribution in [2.24, 2.45) is 0 Å². The predicted octanol–water partition coefficient (Wildman–Crippen LogP) is 5.33. The van der Waals surface area contributed by atoms with Gasteiger partial charge in [0.1, 0.15) is 6.10 Å². The first-order chi connectivity index (χ1) is 11.1. The van der Waals surface area contributed by atoms with Gasteiger partial charge < -0.3 is 9.16 Å². The third-order valence-corrected chi connectivity index (χ3v) is 9.21. The number of ether oxygens (including phenoxy) is 1. The number of rotatable bonds is 7. The van der Waals surface area contributed by atoms with Crippen molar-refractivity contribution in [1.29, 1.82) is 0 Å². The van der Waals surface area contributed by atoms with Crippen molar-refractivity contribution in [3.05, 3.63) is 48.1 Å². The van der Waals surface area contributed by atoms with E-state index < -0.39 is 8.32 Å². The molecule has 0 aromatic rings. The Balaban J connectivity index is 2.53. The van der Waals surface area contributed by atoms with Gasteiger partial charge in [-0.1, -0.05) is 45.6 Å². The highest BCUT2D eigenvalue weighted by Gasteiger charge is 2.36. The average Bonchev–Trinajstić information content (AvgIpc) is 2.47. The lowest BCUT2D eigenvalue weighted by Gasteiger charge is -2.36. The molecule has 0 aromatic carbocycles. The molecule has 0 fully saturated rings. The van der Waals surface area contributed by atoms with Crippen LogP contribution in [0.15, 0.2) is 48.1 Å². The van der Waals surface area contributed by atoms with Crippen LogP contribution in [-0.4, -0.2) is 27.0 Å². The third kappa shape index (κ3) is 5.91. The first-order valence-electron chi connectivity index (χ1n) is 8.62. The topological polar surface area (TPSA) is 35.5 Å². The molecule has 134 valence electrons. The van der Waals surface area contributed by atoms with Crippen LogP contribution < -0.4 is 0 Å². The standard InChI is InChI=1S/C20H32O3Si/c1-8-9-10-13-18-16(2)15-17(19(21)23-18)12-11-14-22-24(6,7)20(3,4)5/h8-10,13,15,18H,2,11-12,14H2,1,3-7H3/b9-8+,13-10+. The highest BCUT2D eigenvalue weighted by Crippen LogP contribution is 2.36. The van der Waals surface area contributed by atoms with E-state index in [-0.39, 0.29) is 17.1 Å². The Bertz CT molecular complexity index is 548. The Morgan fingerprint density at radius 3 is 2.58 bits per heavy atom. The summed E-state index contributed by atoms with van der Waals surface area (Å²) < 4.78 is 11.6. The lowest BCUT2D eigenvalue weighted by atomic mass is 10.0. The second kappa shape index (κ2) is 8.63. The number of carbonyl (C=O) groups excluding carboxylic acids is 1. The van der Waals surface area contributed by atoms with E-state index in [0.717, 1.165) is 12.0 Å². The van der Waals surface area contributed by atoms with Gasteiger partial charge in [-0.2, -0.15) is 0 Å². The summed E-state index contributed by atoms with van der Waals surface area (Å²) in [5.74, 6) is -0.246. The summed E-state index contributed by atoms with van der Waals surface area (Å²) in [7, 11) is -1.72. The minimum Gasteiger partial charge on any atom is -0.450 e. The lowest BCUT2D eigenvalue weighted by Crippen LogP contribution is -2.41. The van der Waals surface area contributed by atoms with Gasteiger partial charge in [0.05, 0.1) is 0 Å². The number of hydrogen-bond acceptors (Lipinski definition) is 3. The summed E-state index contributed by atoms with van der Waals surface area (Å²) in [4.78, 5) is 12.1. The van der Waals surface area contributed by atoms with Crippen LogP contribution in [0.2, 0.25) is 18.1 Å². The number of cyclic esters (lactones) is 1. The van der Waals surface area contributed by atoms with E-state index in [1.807, 2.05) is 37.3 Å². The van der Waals surface area contributed by atoms with Gasteiger partial charge >= 0.3 is 5.97 Å². The molecule has 1 rings (SSSR count). The van der Waals surface area contributed by atoms with Crippen molar-refractivity contribution in [2.45, 2.75) is 64.8 Å². The molecule has 1 aliphatic rings. The zero-order chi connectivity index (χ0) is 18.4. The third-order valence-electron chi connectivity index (χ3n) is 4.67. The summed E-state index contributed by atoms with van der Waals surface area (Å²) in [5, 5.41) is 0.205. The van der Waals surface area contributed by atoms with Crippen molar-refractivity contribution in [2.75, 3.05) is 6.61 Å². The molecule has 0 bridgehead atoms. The number of carbonyl (C=O) groups is 1. The number of esters is 1. The van der Waals surface area contributed by atoms with E-state index in [0.29, 0.717) is 18.6 Å². The zero-order valence-electron chi connectivity index (χ0n) is 16.0. The Labute approximate surface area is 148 Å². The molecule has 1 atom stereocenters. The molecular formula is C20H32O3Si. The fraction of sp³-hybridized carbons (Fsp3) is 0.550. The molecule has 0 amide bonds. The summed E-state index contributed by atoms with van der Waals surface area (Å²) in [6.07, 6.45) is 10.5. The molecule has 0 radical (unpaired) electrons. The molecule has 0 aliphatic carbocycles. The molecule has 1 unspecified atom stereocenters. The van der Waals surface area contributed by atoms with Crippen LogP contribution in [0.3, 0.4) is 0 Å². The van der Waals surface area contributed by atoms with E-state index in [1.54, 1.807) is 0 Å². The Morgan fingerprint density at radius 2 is 2.00 bits per heavy atom. The summed E-state index contributed by atoms with van der Waals surface area (Å²) in [5.41, 5.74) is 1.50. The maximum atomic E-state index is 12.1. The molecule has 1 heterocycles. The monoisotopic (exact) mass is 348 g/mol. The average molecular weight is 349 g/mol. The first kappa shape index (κ1) is 20.7. The fourth-order valence-corrected chi connectivity index (χ4v) is 3.14. The number of hydrogen-bond donors (Lipinski definition) is 0. The van der Waals surface area contributed by atoms with E-state index in [1.165, 1.54) is 0 Å². The minimum absolute atomic E-state index is 0.205. The van der Waals surface area contributed by atoms with Crippen LogP contribution >= 0.6 is 0 Å². The summed E-state index contributed by atoms with van der Waals surface area (Å²) in [6.45, 7) is 17.8. The highest BCUT2D eigenvalue weighted by molar-refractivity contribution is 6.74. The zero-order valence-corrected chi connectivity index (χ0v) is 17.0. The van der Waals surface area contributed by atoms with E-state index in [2.05, 4.69) is 40.4 Å². The van der Waals surface area contributed by atoms with Crippen LogP contribution in [0.5, 0.6) is 0 Å². The molecule has 0 aromatic heterocycles. The van der Waals surface area contributed by atoms with Gasteiger partial charge in [0.2, 0.25) is 0 Å². The quantitative estimate of drug-likeness (QED) is 0.270. The molecule has 24 heavy (non-hydrogen) atoms. The molecule has 0 saturated carbocycles.